The molecule has 1 radical (unpaired) electrons. The van der Waals surface area contributed by atoms with Crippen molar-refractivity contribution in [3.05, 3.63) is 36.8 Å². The summed E-state index contributed by atoms with van der Waals surface area (Å²) in [5.74, 6) is 0.333. The number of sulfone groups is 1. The van der Waals surface area contributed by atoms with Crippen LogP contribution >= 0.6 is 0 Å². The van der Waals surface area contributed by atoms with Crippen molar-refractivity contribution >= 4 is 9.84 Å². The van der Waals surface area contributed by atoms with Gasteiger partial charge in [0.05, 0.1) is 10.6 Å². The van der Waals surface area contributed by atoms with E-state index in [1.807, 2.05) is 12.1 Å². The average Bonchev–Trinajstić information content (AvgIpc) is 2.18. The molecule has 14 heavy (non-hydrogen) atoms. The molecule has 1 aromatic carbocycles. The fourth-order valence-electron chi connectivity index (χ4n) is 1.18. The molecule has 0 aliphatic rings. The molecule has 0 aromatic heterocycles. The molecule has 0 unspecified atom stereocenters. The van der Waals surface area contributed by atoms with E-state index >= 15 is 0 Å². The van der Waals surface area contributed by atoms with Gasteiger partial charge in [-0.2, -0.15) is 0 Å². The first-order valence-electron chi connectivity index (χ1n) is 4.59. The maximum Gasteiger partial charge on any atom is 0.178 e. The lowest BCUT2D eigenvalue weighted by Crippen LogP contribution is -2.03. The zero-order chi connectivity index (χ0) is 10.8. The first-order valence-corrected chi connectivity index (χ1v) is 6.24. The van der Waals surface area contributed by atoms with E-state index in [9.17, 15) is 8.42 Å². The van der Waals surface area contributed by atoms with Gasteiger partial charge in [0, 0.05) is 0 Å². The summed E-state index contributed by atoms with van der Waals surface area (Å²) in [6.07, 6.45) is 0. The standard InChI is InChI=1S/C11H15O2S/c1-4-14(12,13)11-7-5-10(6-8-11)9(2)3/h5-9H,1,4H2,2-3H3. The second kappa shape index (κ2) is 4.13. The minimum atomic E-state index is -3.15. The van der Waals surface area contributed by atoms with E-state index in [0.29, 0.717) is 10.8 Å². The lowest BCUT2D eigenvalue weighted by atomic mass is 10.0. The monoisotopic (exact) mass is 211 g/mol. The maximum absolute atomic E-state index is 11.4. The summed E-state index contributed by atoms with van der Waals surface area (Å²) in [6.45, 7) is 7.55. The van der Waals surface area contributed by atoms with Crippen LogP contribution in [-0.4, -0.2) is 14.2 Å². The van der Waals surface area contributed by atoms with Gasteiger partial charge in [0.15, 0.2) is 9.84 Å². The first-order chi connectivity index (χ1) is 6.47. The van der Waals surface area contributed by atoms with Crippen molar-refractivity contribution in [2.45, 2.75) is 24.7 Å². The molecule has 0 aliphatic carbocycles. The molecular weight excluding hydrogens is 196 g/mol. The van der Waals surface area contributed by atoms with Crippen LogP contribution in [0.4, 0.5) is 0 Å². The summed E-state index contributed by atoms with van der Waals surface area (Å²) in [6, 6.07) is 7.01. The van der Waals surface area contributed by atoms with Gasteiger partial charge < -0.3 is 0 Å². The van der Waals surface area contributed by atoms with Crippen LogP contribution < -0.4 is 0 Å². The second-order valence-corrected chi connectivity index (χ2v) is 5.65. The number of hydrogen-bond acceptors (Lipinski definition) is 2. The Hall–Kier alpha value is -0.830. The highest BCUT2D eigenvalue weighted by Crippen LogP contribution is 2.17. The summed E-state index contributed by atoms with van der Waals surface area (Å²) in [5.41, 5.74) is 1.15. The summed E-state index contributed by atoms with van der Waals surface area (Å²) < 4.78 is 22.8. The molecular formula is C11H15O2S. The van der Waals surface area contributed by atoms with E-state index < -0.39 is 9.84 Å². The predicted octanol–water partition coefficient (Wildman–Crippen LogP) is 2.42. The molecule has 0 fully saturated rings. The highest BCUT2D eigenvalue weighted by atomic mass is 32.2. The van der Waals surface area contributed by atoms with Crippen molar-refractivity contribution in [2.24, 2.45) is 0 Å². The summed E-state index contributed by atoms with van der Waals surface area (Å²) in [7, 11) is -3.15. The predicted molar refractivity (Wildman–Crippen MR) is 57.9 cm³/mol. The van der Waals surface area contributed by atoms with Crippen molar-refractivity contribution in [2.75, 3.05) is 5.75 Å². The Kier molecular flexibility index (Phi) is 3.32. The van der Waals surface area contributed by atoms with Gasteiger partial charge in [0.25, 0.3) is 0 Å². The topological polar surface area (TPSA) is 34.1 Å². The summed E-state index contributed by atoms with van der Waals surface area (Å²) >= 11 is 0. The molecule has 0 atom stereocenters. The Morgan fingerprint density at radius 1 is 1.21 bits per heavy atom. The molecule has 0 spiro atoms. The van der Waals surface area contributed by atoms with Crippen molar-refractivity contribution < 1.29 is 8.42 Å². The zero-order valence-corrected chi connectivity index (χ0v) is 9.34. The molecule has 77 valence electrons. The SMILES string of the molecule is [CH2]CS(=O)(=O)c1ccc(C(C)C)cc1. The van der Waals surface area contributed by atoms with Crippen LogP contribution in [0.5, 0.6) is 0 Å². The van der Waals surface area contributed by atoms with Crippen LogP contribution in [0.1, 0.15) is 25.3 Å². The second-order valence-electron chi connectivity index (χ2n) is 3.54. The minimum Gasteiger partial charge on any atom is -0.224 e. The van der Waals surface area contributed by atoms with E-state index in [1.54, 1.807) is 12.1 Å². The first kappa shape index (κ1) is 11.2. The average molecular weight is 211 g/mol. The molecule has 0 aliphatic heterocycles. The highest BCUT2D eigenvalue weighted by Gasteiger charge is 2.11. The molecule has 0 amide bonds. The molecule has 1 aromatic rings. The Labute approximate surface area is 85.9 Å². The fourth-order valence-corrected chi connectivity index (χ4v) is 1.96. The fraction of sp³-hybridized carbons (Fsp3) is 0.364. The van der Waals surface area contributed by atoms with E-state index in [4.69, 9.17) is 0 Å². The lowest BCUT2D eigenvalue weighted by Gasteiger charge is -2.06. The number of rotatable bonds is 3. The molecule has 2 nitrogen and oxygen atoms in total. The Bertz CT molecular complexity index is 388. The van der Waals surface area contributed by atoms with Gasteiger partial charge >= 0.3 is 0 Å². The van der Waals surface area contributed by atoms with Gasteiger partial charge in [-0.15, -0.1) is 0 Å². The minimum absolute atomic E-state index is 0.0893. The third-order valence-electron chi connectivity index (χ3n) is 2.17. The van der Waals surface area contributed by atoms with E-state index in [0.717, 1.165) is 5.56 Å². The molecule has 1 rings (SSSR count). The Morgan fingerprint density at radius 2 is 1.71 bits per heavy atom. The Morgan fingerprint density at radius 3 is 2.07 bits per heavy atom. The quantitative estimate of drug-likeness (QED) is 0.769. The van der Waals surface area contributed by atoms with Crippen LogP contribution in [0.2, 0.25) is 0 Å². The third-order valence-corrected chi connectivity index (χ3v) is 3.70. The summed E-state index contributed by atoms with van der Waals surface area (Å²) in [4.78, 5) is 0.358. The number of benzene rings is 1. The normalized spacial score (nSPS) is 12.0. The molecule has 3 heteroatoms. The maximum atomic E-state index is 11.4. The van der Waals surface area contributed by atoms with Gasteiger partial charge in [-0.25, -0.2) is 8.42 Å². The van der Waals surface area contributed by atoms with E-state index in [1.165, 1.54) is 0 Å². The van der Waals surface area contributed by atoms with Crippen molar-refractivity contribution in [3.8, 4) is 0 Å². The largest absolute Gasteiger partial charge is 0.224 e. The molecule has 0 heterocycles. The Balaban J connectivity index is 3.06. The third kappa shape index (κ3) is 2.35. The van der Waals surface area contributed by atoms with Crippen LogP contribution in [0.15, 0.2) is 29.2 Å². The van der Waals surface area contributed by atoms with Gasteiger partial charge in [-0.1, -0.05) is 26.0 Å². The van der Waals surface area contributed by atoms with Crippen LogP contribution in [0.25, 0.3) is 0 Å². The lowest BCUT2D eigenvalue weighted by molar-refractivity contribution is 0.599. The molecule has 0 bridgehead atoms. The molecule has 0 N–H and O–H groups in total. The van der Waals surface area contributed by atoms with Gasteiger partial charge in [-0.3, -0.25) is 0 Å². The van der Waals surface area contributed by atoms with Crippen LogP contribution in [0.3, 0.4) is 0 Å². The zero-order valence-electron chi connectivity index (χ0n) is 8.53. The number of hydrogen-bond donors (Lipinski definition) is 0. The van der Waals surface area contributed by atoms with Crippen molar-refractivity contribution in [1.29, 1.82) is 0 Å². The van der Waals surface area contributed by atoms with Gasteiger partial charge in [0.1, 0.15) is 0 Å². The van der Waals surface area contributed by atoms with Crippen LogP contribution in [0, 0.1) is 6.92 Å². The van der Waals surface area contributed by atoms with Gasteiger partial charge in [-0.05, 0) is 30.5 Å². The van der Waals surface area contributed by atoms with E-state index in [-0.39, 0.29) is 5.75 Å². The van der Waals surface area contributed by atoms with E-state index in [2.05, 4.69) is 20.8 Å². The molecule has 0 saturated carbocycles. The van der Waals surface area contributed by atoms with Crippen molar-refractivity contribution in [3.63, 3.8) is 0 Å². The smallest absolute Gasteiger partial charge is 0.178 e. The van der Waals surface area contributed by atoms with Gasteiger partial charge in [0.2, 0.25) is 0 Å². The van der Waals surface area contributed by atoms with Crippen LogP contribution in [-0.2, 0) is 9.84 Å². The summed E-state index contributed by atoms with van der Waals surface area (Å²) in [5, 5.41) is 0. The van der Waals surface area contributed by atoms with Crippen molar-refractivity contribution in [1.82, 2.24) is 0 Å². The molecule has 0 saturated heterocycles. The highest BCUT2D eigenvalue weighted by molar-refractivity contribution is 7.91.